The van der Waals surface area contributed by atoms with E-state index in [9.17, 15) is 4.79 Å². The molecule has 0 aliphatic rings. The Morgan fingerprint density at radius 2 is 2.54 bits per heavy atom. The minimum Gasteiger partial charge on any atom is -0.349 e. The van der Waals surface area contributed by atoms with Crippen molar-refractivity contribution in [3.05, 3.63) is 17.5 Å². The highest BCUT2D eigenvalue weighted by Gasteiger charge is 2.01. The van der Waals surface area contributed by atoms with Gasteiger partial charge in [-0.25, -0.2) is 0 Å². The first kappa shape index (κ1) is 10.1. The third-order valence-corrected chi connectivity index (χ3v) is 1.89. The van der Waals surface area contributed by atoms with Gasteiger partial charge in [-0.05, 0) is 12.5 Å². The molecule has 2 N–H and O–H groups in total. The number of hydrogen-bond donors (Lipinski definition) is 2. The number of halogens is 1. The molecule has 0 atom stereocenters. The zero-order chi connectivity index (χ0) is 9.68. The van der Waals surface area contributed by atoms with Crippen molar-refractivity contribution in [3.63, 3.8) is 0 Å². The Balaban J connectivity index is 2.41. The van der Waals surface area contributed by atoms with Crippen molar-refractivity contribution in [1.82, 2.24) is 15.5 Å². The molecule has 5 heteroatoms. The monoisotopic (exact) mass is 201 g/mol. The molecule has 0 bridgehead atoms. The fourth-order valence-electron chi connectivity index (χ4n) is 0.922. The first-order valence-corrected chi connectivity index (χ1v) is 4.65. The van der Waals surface area contributed by atoms with Crippen LogP contribution in [0.3, 0.4) is 0 Å². The molecule has 1 amide bonds. The molecule has 4 nitrogen and oxygen atoms in total. The van der Waals surface area contributed by atoms with Crippen LogP contribution in [-0.2, 0) is 17.8 Å². The second-order valence-electron chi connectivity index (χ2n) is 2.65. The van der Waals surface area contributed by atoms with Crippen LogP contribution in [0.5, 0.6) is 0 Å². The Morgan fingerprint density at radius 1 is 1.77 bits per heavy atom. The van der Waals surface area contributed by atoms with Gasteiger partial charge in [0.25, 0.3) is 0 Å². The molecule has 72 valence electrons. The van der Waals surface area contributed by atoms with E-state index in [2.05, 4.69) is 15.5 Å². The lowest BCUT2D eigenvalue weighted by molar-refractivity contribution is -0.118. The Kier molecular flexibility index (Phi) is 3.76. The van der Waals surface area contributed by atoms with Gasteiger partial charge in [-0.3, -0.25) is 9.89 Å². The number of aryl methyl sites for hydroxylation is 1. The molecule has 0 spiro atoms. The molecule has 1 heterocycles. The average molecular weight is 202 g/mol. The van der Waals surface area contributed by atoms with Crippen LogP contribution >= 0.6 is 11.6 Å². The lowest BCUT2D eigenvalue weighted by Gasteiger charge is -1.98. The molecule has 0 unspecified atom stereocenters. The number of hydrogen-bond acceptors (Lipinski definition) is 2. The van der Waals surface area contributed by atoms with Gasteiger partial charge in [0.1, 0.15) is 5.88 Å². The summed E-state index contributed by atoms with van der Waals surface area (Å²) in [5.74, 6) is -0.177. The highest BCUT2D eigenvalue weighted by Crippen LogP contribution is 1.99. The number of alkyl halides is 1. The predicted molar refractivity (Wildman–Crippen MR) is 50.5 cm³/mol. The maximum absolute atomic E-state index is 10.8. The molecule has 0 aromatic carbocycles. The van der Waals surface area contributed by atoms with Gasteiger partial charge in [0.05, 0.1) is 17.9 Å². The summed E-state index contributed by atoms with van der Waals surface area (Å²) in [6, 6.07) is 1.93. The smallest absolute Gasteiger partial charge is 0.235 e. The van der Waals surface area contributed by atoms with Crippen molar-refractivity contribution in [2.75, 3.05) is 5.88 Å². The summed E-state index contributed by atoms with van der Waals surface area (Å²) in [7, 11) is 0. The van der Waals surface area contributed by atoms with E-state index in [1.165, 1.54) is 0 Å². The van der Waals surface area contributed by atoms with Gasteiger partial charge < -0.3 is 5.32 Å². The highest BCUT2D eigenvalue weighted by atomic mass is 35.5. The van der Waals surface area contributed by atoms with Crippen molar-refractivity contribution in [1.29, 1.82) is 0 Å². The third-order valence-electron chi connectivity index (χ3n) is 1.64. The standard InChI is InChI=1S/C8H12ClN3O/c1-2-6-3-7(12-11-6)5-10-8(13)4-9/h3H,2,4-5H2,1H3,(H,10,13)(H,11,12). The number of aromatic nitrogens is 2. The fourth-order valence-corrected chi connectivity index (χ4v) is 1.02. The van der Waals surface area contributed by atoms with E-state index in [1.807, 2.05) is 13.0 Å². The van der Waals surface area contributed by atoms with Crippen LogP contribution in [0.25, 0.3) is 0 Å². The van der Waals surface area contributed by atoms with Gasteiger partial charge in [0.2, 0.25) is 5.91 Å². The Bertz CT molecular complexity index is 285. The quantitative estimate of drug-likeness (QED) is 0.709. The van der Waals surface area contributed by atoms with Gasteiger partial charge in [-0.15, -0.1) is 11.6 Å². The number of amides is 1. The summed E-state index contributed by atoms with van der Waals surface area (Å²) < 4.78 is 0. The molecule has 0 aliphatic heterocycles. The lowest BCUT2D eigenvalue weighted by Crippen LogP contribution is -2.23. The Morgan fingerprint density at radius 3 is 3.08 bits per heavy atom. The number of H-pyrrole nitrogens is 1. The highest BCUT2D eigenvalue weighted by molar-refractivity contribution is 6.27. The van der Waals surface area contributed by atoms with Crippen molar-refractivity contribution in [2.45, 2.75) is 19.9 Å². The maximum atomic E-state index is 10.8. The van der Waals surface area contributed by atoms with Gasteiger partial charge in [0.15, 0.2) is 0 Å². The van der Waals surface area contributed by atoms with E-state index in [4.69, 9.17) is 11.6 Å². The van der Waals surface area contributed by atoms with E-state index in [-0.39, 0.29) is 11.8 Å². The molecule has 1 aromatic rings. The molecule has 0 fully saturated rings. The number of rotatable bonds is 4. The minimum absolute atomic E-state index is 0.00519. The molecule has 13 heavy (non-hydrogen) atoms. The van der Waals surface area contributed by atoms with Crippen LogP contribution in [0.15, 0.2) is 6.07 Å². The summed E-state index contributed by atoms with van der Waals surface area (Å²) in [6.45, 7) is 2.48. The molecule has 0 saturated carbocycles. The molecule has 1 rings (SSSR count). The van der Waals surface area contributed by atoms with Crippen LogP contribution < -0.4 is 5.32 Å². The van der Waals surface area contributed by atoms with Gasteiger partial charge in [-0.1, -0.05) is 6.92 Å². The maximum Gasteiger partial charge on any atom is 0.235 e. The fraction of sp³-hybridized carbons (Fsp3) is 0.500. The van der Waals surface area contributed by atoms with Crippen LogP contribution in [0.2, 0.25) is 0 Å². The van der Waals surface area contributed by atoms with Crippen molar-refractivity contribution in [3.8, 4) is 0 Å². The van der Waals surface area contributed by atoms with Gasteiger partial charge >= 0.3 is 0 Å². The number of aromatic amines is 1. The lowest BCUT2D eigenvalue weighted by atomic mass is 10.3. The van der Waals surface area contributed by atoms with E-state index < -0.39 is 0 Å². The van der Waals surface area contributed by atoms with Crippen LogP contribution in [0.4, 0.5) is 0 Å². The van der Waals surface area contributed by atoms with E-state index in [1.54, 1.807) is 0 Å². The molecule has 0 aliphatic carbocycles. The first-order valence-electron chi connectivity index (χ1n) is 4.12. The summed E-state index contributed by atoms with van der Waals surface area (Å²) in [5, 5.41) is 9.50. The summed E-state index contributed by atoms with van der Waals surface area (Å²) >= 11 is 5.31. The molecule has 1 aromatic heterocycles. The van der Waals surface area contributed by atoms with E-state index >= 15 is 0 Å². The van der Waals surface area contributed by atoms with Crippen LogP contribution in [-0.4, -0.2) is 22.0 Å². The van der Waals surface area contributed by atoms with Gasteiger partial charge in [0, 0.05) is 0 Å². The summed E-state index contributed by atoms with van der Waals surface area (Å²) in [4.78, 5) is 10.8. The topological polar surface area (TPSA) is 57.8 Å². The Hall–Kier alpha value is -1.03. The van der Waals surface area contributed by atoms with Crippen LogP contribution in [0, 0.1) is 0 Å². The summed E-state index contributed by atoms with van der Waals surface area (Å²) in [6.07, 6.45) is 0.889. The zero-order valence-corrected chi connectivity index (χ0v) is 8.19. The van der Waals surface area contributed by atoms with Crippen LogP contribution in [0.1, 0.15) is 18.3 Å². The summed E-state index contributed by atoms with van der Waals surface area (Å²) in [5.41, 5.74) is 1.89. The average Bonchev–Trinajstić information content (AvgIpc) is 2.61. The van der Waals surface area contributed by atoms with E-state index in [0.29, 0.717) is 6.54 Å². The van der Waals surface area contributed by atoms with E-state index in [0.717, 1.165) is 17.8 Å². The number of nitrogens with one attached hydrogen (secondary N) is 2. The largest absolute Gasteiger partial charge is 0.349 e. The molecular formula is C8H12ClN3O. The molecule has 0 saturated heterocycles. The predicted octanol–water partition coefficient (Wildman–Crippen LogP) is 0.827. The number of nitrogens with zero attached hydrogens (tertiary/aromatic N) is 1. The second kappa shape index (κ2) is 4.87. The van der Waals surface area contributed by atoms with Crippen molar-refractivity contribution < 1.29 is 4.79 Å². The number of carbonyl (C=O) groups excluding carboxylic acids is 1. The zero-order valence-electron chi connectivity index (χ0n) is 7.43. The number of carbonyl (C=O) groups is 1. The third kappa shape index (κ3) is 3.06. The van der Waals surface area contributed by atoms with Crippen molar-refractivity contribution >= 4 is 17.5 Å². The minimum atomic E-state index is -0.172. The normalized spacial score (nSPS) is 10.0. The van der Waals surface area contributed by atoms with Gasteiger partial charge in [-0.2, -0.15) is 5.10 Å². The molecular weight excluding hydrogens is 190 g/mol. The van der Waals surface area contributed by atoms with Crippen molar-refractivity contribution in [2.24, 2.45) is 0 Å². The second-order valence-corrected chi connectivity index (χ2v) is 2.92. The molecule has 0 radical (unpaired) electrons. The first-order chi connectivity index (χ1) is 6.26. The Labute approximate surface area is 81.7 Å². The SMILES string of the molecule is CCc1cc(CNC(=O)CCl)[nH]n1.